The minimum absolute atomic E-state index is 0.0185. The summed E-state index contributed by atoms with van der Waals surface area (Å²) in [6.45, 7) is 6.26. The van der Waals surface area contributed by atoms with Gasteiger partial charge in [0.1, 0.15) is 0 Å². The van der Waals surface area contributed by atoms with Crippen molar-refractivity contribution < 1.29 is 9.84 Å². The second kappa shape index (κ2) is 6.44. The molecule has 0 rings (SSSR count). The minimum Gasteiger partial charge on any atom is -0.390 e. The van der Waals surface area contributed by atoms with E-state index in [4.69, 9.17) is 4.74 Å². The Bertz CT molecular complexity index is 104. The molecule has 2 heteroatoms. The second-order valence-corrected chi connectivity index (χ2v) is 3.44. The summed E-state index contributed by atoms with van der Waals surface area (Å²) in [6, 6.07) is 0. The molecule has 0 fully saturated rings. The molecule has 3 unspecified atom stereocenters. The van der Waals surface area contributed by atoms with Gasteiger partial charge in [0.05, 0.1) is 12.2 Å². The zero-order valence-electron chi connectivity index (χ0n) is 8.71. The average Bonchev–Trinajstić information content (AvgIpc) is 2.11. The third-order valence-electron chi connectivity index (χ3n) is 2.48. The smallest absolute Gasteiger partial charge is 0.0832 e. The van der Waals surface area contributed by atoms with Crippen LogP contribution in [0.25, 0.3) is 0 Å². The lowest BCUT2D eigenvalue weighted by molar-refractivity contribution is -0.0425. The summed E-state index contributed by atoms with van der Waals surface area (Å²) in [4.78, 5) is 0. The second-order valence-electron chi connectivity index (χ2n) is 3.44. The largest absolute Gasteiger partial charge is 0.390 e. The van der Waals surface area contributed by atoms with Gasteiger partial charge < -0.3 is 9.84 Å². The fourth-order valence-corrected chi connectivity index (χ4v) is 1.32. The lowest BCUT2D eigenvalue weighted by Gasteiger charge is -2.25. The summed E-state index contributed by atoms with van der Waals surface area (Å²) in [7, 11) is 1.67. The van der Waals surface area contributed by atoms with Crippen LogP contribution in [0.2, 0.25) is 0 Å². The van der Waals surface area contributed by atoms with Gasteiger partial charge in [-0.3, -0.25) is 0 Å². The molecule has 0 aliphatic carbocycles. The maximum absolute atomic E-state index is 9.78. The molecule has 0 spiro atoms. The molecule has 0 aromatic carbocycles. The number of methoxy groups -OCH3 is 1. The topological polar surface area (TPSA) is 29.5 Å². The molecule has 0 aromatic rings. The lowest BCUT2D eigenvalue weighted by atomic mass is 9.95. The zero-order valence-corrected chi connectivity index (χ0v) is 8.71. The van der Waals surface area contributed by atoms with Gasteiger partial charge >= 0.3 is 0 Å². The van der Waals surface area contributed by atoms with E-state index >= 15 is 0 Å². The van der Waals surface area contributed by atoms with Crippen LogP contribution in [0.15, 0.2) is 0 Å². The van der Waals surface area contributed by atoms with Crippen molar-refractivity contribution in [3.05, 3.63) is 0 Å². The van der Waals surface area contributed by atoms with Crippen LogP contribution in [0, 0.1) is 5.92 Å². The number of aliphatic hydroxyl groups is 1. The molecular weight excluding hydrogens is 152 g/mol. The normalized spacial score (nSPS) is 18.8. The van der Waals surface area contributed by atoms with Gasteiger partial charge in [-0.2, -0.15) is 0 Å². The molecule has 0 bridgehead atoms. The van der Waals surface area contributed by atoms with E-state index in [1.165, 1.54) is 0 Å². The SMILES string of the molecule is CCCC(OC)C(O)C(C)CC. The van der Waals surface area contributed by atoms with Gasteiger partial charge in [-0.1, -0.05) is 33.6 Å². The quantitative estimate of drug-likeness (QED) is 0.669. The van der Waals surface area contributed by atoms with E-state index in [0.29, 0.717) is 5.92 Å². The summed E-state index contributed by atoms with van der Waals surface area (Å²) >= 11 is 0. The molecule has 0 aromatic heterocycles. The number of ether oxygens (including phenoxy) is 1. The van der Waals surface area contributed by atoms with E-state index in [9.17, 15) is 5.11 Å². The predicted octanol–water partition coefficient (Wildman–Crippen LogP) is 2.21. The van der Waals surface area contributed by atoms with Gasteiger partial charge in [-0.25, -0.2) is 0 Å². The number of aliphatic hydroxyl groups excluding tert-OH is 1. The van der Waals surface area contributed by atoms with Crippen LogP contribution in [-0.2, 0) is 4.74 Å². The van der Waals surface area contributed by atoms with Gasteiger partial charge in [-0.05, 0) is 12.3 Å². The third kappa shape index (κ3) is 3.55. The van der Waals surface area contributed by atoms with Crippen LogP contribution < -0.4 is 0 Å². The predicted molar refractivity (Wildman–Crippen MR) is 51.2 cm³/mol. The maximum atomic E-state index is 9.78. The van der Waals surface area contributed by atoms with Crippen LogP contribution in [0.1, 0.15) is 40.0 Å². The van der Waals surface area contributed by atoms with Gasteiger partial charge in [-0.15, -0.1) is 0 Å². The van der Waals surface area contributed by atoms with Crippen molar-refractivity contribution in [1.82, 2.24) is 0 Å². The highest BCUT2D eigenvalue weighted by atomic mass is 16.5. The Morgan fingerprint density at radius 2 is 1.92 bits per heavy atom. The molecule has 0 saturated heterocycles. The van der Waals surface area contributed by atoms with Crippen LogP contribution >= 0.6 is 0 Å². The average molecular weight is 174 g/mol. The highest BCUT2D eigenvalue weighted by Crippen LogP contribution is 2.16. The Morgan fingerprint density at radius 1 is 1.33 bits per heavy atom. The van der Waals surface area contributed by atoms with Gasteiger partial charge in [0.25, 0.3) is 0 Å². The minimum atomic E-state index is -0.306. The summed E-state index contributed by atoms with van der Waals surface area (Å²) < 4.78 is 5.23. The maximum Gasteiger partial charge on any atom is 0.0832 e. The van der Waals surface area contributed by atoms with Crippen molar-refractivity contribution in [1.29, 1.82) is 0 Å². The van der Waals surface area contributed by atoms with Crippen LogP contribution in [0.3, 0.4) is 0 Å². The van der Waals surface area contributed by atoms with Crippen LogP contribution in [0.4, 0.5) is 0 Å². The number of rotatable bonds is 6. The van der Waals surface area contributed by atoms with Gasteiger partial charge in [0.15, 0.2) is 0 Å². The Labute approximate surface area is 75.9 Å². The van der Waals surface area contributed by atoms with Gasteiger partial charge in [0, 0.05) is 7.11 Å². The summed E-state index contributed by atoms with van der Waals surface area (Å²) in [5.41, 5.74) is 0. The number of hydrogen-bond donors (Lipinski definition) is 1. The van der Waals surface area contributed by atoms with Crippen molar-refractivity contribution in [2.45, 2.75) is 52.2 Å². The summed E-state index contributed by atoms with van der Waals surface area (Å²) in [5.74, 6) is 0.335. The molecule has 3 atom stereocenters. The Balaban J connectivity index is 3.91. The van der Waals surface area contributed by atoms with E-state index in [0.717, 1.165) is 19.3 Å². The van der Waals surface area contributed by atoms with E-state index in [1.807, 2.05) is 0 Å². The Kier molecular flexibility index (Phi) is 6.39. The highest BCUT2D eigenvalue weighted by Gasteiger charge is 2.22. The molecule has 74 valence electrons. The molecule has 2 nitrogen and oxygen atoms in total. The van der Waals surface area contributed by atoms with Gasteiger partial charge in [0.2, 0.25) is 0 Å². The molecule has 0 aliphatic heterocycles. The van der Waals surface area contributed by atoms with E-state index < -0.39 is 0 Å². The summed E-state index contributed by atoms with van der Waals surface area (Å²) in [5, 5.41) is 9.78. The van der Waals surface area contributed by atoms with E-state index in [-0.39, 0.29) is 12.2 Å². The monoisotopic (exact) mass is 174 g/mol. The highest BCUT2D eigenvalue weighted by molar-refractivity contribution is 4.72. The Hall–Kier alpha value is -0.0800. The van der Waals surface area contributed by atoms with Crippen molar-refractivity contribution in [2.24, 2.45) is 5.92 Å². The fourth-order valence-electron chi connectivity index (χ4n) is 1.32. The zero-order chi connectivity index (χ0) is 9.56. The van der Waals surface area contributed by atoms with Crippen molar-refractivity contribution in [2.75, 3.05) is 7.11 Å². The third-order valence-corrected chi connectivity index (χ3v) is 2.48. The van der Waals surface area contributed by atoms with Crippen LogP contribution in [0.5, 0.6) is 0 Å². The Morgan fingerprint density at radius 3 is 2.25 bits per heavy atom. The molecule has 1 N–H and O–H groups in total. The molecule has 0 heterocycles. The van der Waals surface area contributed by atoms with Crippen molar-refractivity contribution in [3.8, 4) is 0 Å². The first-order chi connectivity index (χ1) is 5.67. The summed E-state index contributed by atoms with van der Waals surface area (Å²) in [6.07, 6.45) is 2.73. The molecule has 0 amide bonds. The standard InChI is InChI=1S/C10H22O2/c1-5-7-9(12-4)10(11)8(3)6-2/h8-11H,5-7H2,1-4H3. The van der Waals surface area contributed by atoms with E-state index in [2.05, 4.69) is 20.8 Å². The molecule has 0 radical (unpaired) electrons. The molecule has 0 saturated carbocycles. The fraction of sp³-hybridized carbons (Fsp3) is 1.00. The lowest BCUT2D eigenvalue weighted by Crippen LogP contribution is -2.33. The molecular formula is C10H22O2. The number of hydrogen-bond acceptors (Lipinski definition) is 2. The van der Waals surface area contributed by atoms with Crippen molar-refractivity contribution in [3.63, 3.8) is 0 Å². The first-order valence-corrected chi connectivity index (χ1v) is 4.88. The molecule has 0 aliphatic rings. The first-order valence-electron chi connectivity index (χ1n) is 4.88. The van der Waals surface area contributed by atoms with E-state index in [1.54, 1.807) is 7.11 Å². The first kappa shape index (κ1) is 11.9. The molecule has 12 heavy (non-hydrogen) atoms. The van der Waals surface area contributed by atoms with Crippen molar-refractivity contribution >= 4 is 0 Å². The van der Waals surface area contributed by atoms with Crippen LogP contribution in [-0.4, -0.2) is 24.4 Å².